The van der Waals surface area contributed by atoms with E-state index in [9.17, 15) is 9.59 Å². The molecule has 1 rings (SSSR count). The van der Waals surface area contributed by atoms with E-state index in [0.717, 1.165) is 37.7 Å². The lowest BCUT2D eigenvalue weighted by atomic mass is 9.84. The SMILES string of the molecule is [CH2]CCCCCC1=C(C)C(=O)C(C)=C(C)C1=O. The van der Waals surface area contributed by atoms with Crippen LogP contribution < -0.4 is 0 Å². The van der Waals surface area contributed by atoms with Crippen LogP contribution in [0.2, 0.25) is 0 Å². The third kappa shape index (κ3) is 2.93. The summed E-state index contributed by atoms with van der Waals surface area (Å²) in [5, 5.41) is 0. The van der Waals surface area contributed by atoms with Crippen LogP contribution in [-0.2, 0) is 9.59 Å². The molecule has 0 saturated carbocycles. The van der Waals surface area contributed by atoms with Crippen molar-refractivity contribution in [2.24, 2.45) is 0 Å². The average molecular weight is 233 g/mol. The summed E-state index contributed by atoms with van der Waals surface area (Å²) in [7, 11) is 0. The number of ketones is 2. The second-order valence-corrected chi connectivity index (χ2v) is 4.68. The Balaban J connectivity index is 2.77. The number of allylic oxidation sites excluding steroid dienone is 4. The van der Waals surface area contributed by atoms with Gasteiger partial charge in [0.25, 0.3) is 0 Å². The van der Waals surface area contributed by atoms with Gasteiger partial charge in [0, 0.05) is 22.3 Å². The van der Waals surface area contributed by atoms with Crippen LogP contribution in [0.15, 0.2) is 22.3 Å². The molecule has 0 amide bonds. The molecule has 93 valence electrons. The van der Waals surface area contributed by atoms with Gasteiger partial charge in [-0.05, 0) is 33.6 Å². The first kappa shape index (κ1) is 13.9. The van der Waals surface area contributed by atoms with Crippen molar-refractivity contribution in [3.8, 4) is 0 Å². The number of hydrogen-bond acceptors (Lipinski definition) is 2. The van der Waals surface area contributed by atoms with Crippen LogP contribution in [0.4, 0.5) is 0 Å². The largest absolute Gasteiger partial charge is 0.289 e. The van der Waals surface area contributed by atoms with Crippen molar-refractivity contribution in [1.29, 1.82) is 0 Å². The summed E-state index contributed by atoms with van der Waals surface area (Å²) in [5.41, 5.74) is 2.59. The molecule has 0 fully saturated rings. The van der Waals surface area contributed by atoms with Crippen molar-refractivity contribution >= 4 is 11.6 Å². The standard InChI is InChI=1S/C15H21O2/c1-5-6-7-8-9-13-12(4)14(16)10(2)11(3)15(13)17/h1,5-9H2,2-4H3. The molecular formula is C15H21O2. The first-order chi connectivity index (χ1) is 8.00. The molecule has 0 atom stereocenters. The zero-order valence-corrected chi connectivity index (χ0v) is 11.1. The van der Waals surface area contributed by atoms with Crippen LogP contribution in [0.25, 0.3) is 0 Å². The van der Waals surface area contributed by atoms with E-state index in [1.165, 1.54) is 0 Å². The lowest BCUT2D eigenvalue weighted by molar-refractivity contribution is -0.116. The van der Waals surface area contributed by atoms with Gasteiger partial charge in [-0.2, -0.15) is 0 Å². The molecule has 0 heterocycles. The number of Topliss-reactive ketones (excluding diaryl/α,β-unsaturated/α-hetero) is 2. The lowest BCUT2D eigenvalue weighted by Crippen LogP contribution is -2.20. The zero-order chi connectivity index (χ0) is 13.0. The molecular weight excluding hydrogens is 212 g/mol. The van der Waals surface area contributed by atoms with Crippen molar-refractivity contribution in [3.63, 3.8) is 0 Å². The van der Waals surface area contributed by atoms with Crippen LogP contribution >= 0.6 is 0 Å². The molecule has 17 heavy (non-hydrogen) atoms. The average Bonchev–Trinajstić information content (AvgIpc) is 2.33. The highest BCUT2D eigenvalue weighted by Crippen LogP contribution is 2.27. The second kappa shape index (κ2) is 5.95. The fourth-order valence-electron chi connectivity index (χ4n) is 2.11. The maximum Gasteiger partial charge on any atom is 0.185 e. The highest BCUT2D eigenvalue weighted by molar-refractivity contribution is 6.24. The smallest absolute Gasteiger partial charge is 0.185 e. The fourth-order valence-corrected chi connectivity index (χ4v) is 2.11. The van der Waals surface area contributed by atoms with Crippen LogP contribution in [0.5, 0.6) is 0 Å². The maximum absolute atomic E-state index is 12.1. The van der Waals surface area contributed by atoms with Gasteiger partial charge in [0.1, 0.15) is 0 Å². The van der Waals surface area contributed by atoms with Gasteiger partial charge in [-0.25, -0.2) is 0 Å². The van der Waals surface area contributed by atoms with E-state index in [-0.39, 0.29) is 11.6 Å². The van der Waals surface area contributed by atoms with Gasteiger partial charge < -0.3 is 0 Å². The van der Waals surface area contributed by atoms with Gasteiger partial charge in [0.05, 0.1) is 0 Å². The van der Waals surface area contributed by atoms with E-state index in [4.69, 9.17) is 0 Å². The van der Waals surface area contributed by atoms with Crippen molar-refractivity contribution in [2.75, 3.05) is 0 Å². The Labute approximate surface area is 104 Å². The third-order valence-corrected chi connectivity index (χ3v) is 3.49. The van der Waals surface area contributed by atoms with Crippen molar-refractivity contribution in [2.45, 2.75) is 52.9 Å². The minimum Gasteiger partial charge on any atom is -0.289 e. The molecule has 1 aliphatic carbocycles. The molecule has 0 aromatic rings. The van der Waals surface area contributed by atoms with Crippen molar-refractivity contribution in [1.82, 2.24) is 0 Å². The van der Waals surface area contributed by atoms with Crippen molar-refractivity contribution in [3.05, 3.63) is 29.2 Å². The van der Waals surface area contributed by atoms with E-state index < -0.39 is 0 Å². The Morgan fingerprint density at radius 2 is 1.41 bits per heavy atom. The van der Waals surface area contributed by atoms with E-state index in [1.54, 1.807) is 20.8 Å². The lowest BCUT2D eigenvalue weighted by Gasteiger charge is -2.18. The number of unbranched alkanes of at least 4 members (excludes halogenated alkanes) is 3. The first-order valence-corrected chi connectivity index (χ1v) is 6.26. The fraction of sp³-hybridized carbons (Fsp3) is 0.533. The highest BCUT2D eigenvalue weighted by atomic mass is 16.1. The monoisotopic (exact) mass is 233 g/mol. The third-order valence-electron chi connectivity index (χ3n) is 3.49. The van der Waals surface area contributed by atoms with Crippen LogP contribution in [0.1, 0.15) is 52.9 Å². The summed E-state index contributed by atoms with van der Waals surface area (Å²) >= 11 is 0. The molecule has 2 nitrogen and oxygen atoms in total. The highest BCUT2D eigenvalue weighted by Gasteiger charge is 2.26. The zero-order valence-electron chi connectivity index (χ0n) is 11.1. The number of carbonyl (C=O) groups is 2. The summed E-state index contributed by atoms with van der Waals surface area (Å²) in [5.74, 6) is 0.100. The second-order valence-electron chi connectivity index (χ2n) is 4.68. The quantitative estimate of drug-likeness (QED) is 0.537. The maximum atomic E-state index is 12.1. The molecule has 0 aliphatic heterocycles. The van der Waals surface area contributed by atoms with Crippen LogP contribution in [-0.4, -0.2) is 11.6 Å². The number of carbonyl (C=O) groups excluding carboxylic acids is 2. The molecule has 0 bridgehead atoms. The van der Waals surface area contributed by atoms with Crippen LogP contribution in [0.3, 0.4) is 0 Å². The van der Waals surface area contributed by atoms with E-state index in [0.29, 0.717) is 16.7 Å². The molecule has 0 spiro atoms. The molecule has 1 radical (unpaired) electrons. The summed E-state index contributed by atoms with van der Waals surface area (Å²) in [6.07, 6.45) is 4.78. The summed E-state index contributed by atoms with van der Waals surface area (Å²) in [6.45, 7) is 9.05. The normalized spacial score (nSPS) is 17.2. The number of hydrogen-bond donors (Lipinski definition) is 0. The number of rotatable bonds is 5. The molecule has 0 unspecified atom stereocenters. The predicted octanol–water partition coefficient (Wildman–Crippen LogP) is 3.58. The summed E-state index contributed by atoms with van der Waals surface area (Å²) < 4.78 is 0. The van der Waals surface area contributed by atoms with E-state index in [1.807, 2.05) is 0 Å². The minimum atomic E-state index is 0.0364. The molecule has 0 saturated heterocycles. The van der Waals surface area contributed by atoms with Gasteiger partial charge in [-0.15, -0.1) is 0 Å². The van der Waals surface area contributed by atoms with Gasteiger partial charge in [0.2, 0.25) is 0 Å². The molecule has 0 aromatic carbocycles. The first-order valence-electron chi connectivity index (χ1n) is 6.26. The Bertz CT molecular complexity index is 397. The Kier molecular flexibility index (Phi) is 4.86. The molecule has 0 N–H and O–H groups in total. The minimum absolute atomic E-state index is 0.0364. The molecule has 2 heteroatoms. The Morgan fingerprint density at radius 3 is 2.00 bits per heavy atom. The van der Waals surface area contributed by atoms with Crippen LogP contribution in [0, 0.1) is 6.92 Å². The Morgan fingerprint density at radius 1 is 0.824 bits per heavy atom. The topological polar surface area (TPSA) is 34.1 Å². The van der Waals surface area contributed by atoms with Gasteiger partial charge in [0.15, 0.2) is 11.6 Å². The predicted molar refractivity (Wildman–Crippen MR) is 69.5 cm³/mol. The summed E-state index contributed by atoms with van der Waals surface area (Å²) in [4.78, 5) is 24.0. The van der Waals surface area contributed by atoms with Gasteiger partial charge >= 0.3 is 0 Å². The van der Waals surface area contributed by atoms with Crippen molar-refractivity contribution < 1.29 is 9.59 Å². The van der Waals surface area contributed by atoms with E-state index in [2.05, 4.69) is 6.92 Å². The molecule has 1 aliphatic rings. The summed E-state index contributed by atoms with van der Waals surface area (Å²) in [6, 6.07) is 0. The van der Waals surface area contributed by atoms with Gasteiger partial charge in [-0.3, -0.25) is 9.59 Å². The van der Waals surface area contributed by atoms with E-state index >= 15 is 0 Å². The van der Waals surface area contributed by atoms with Gasteiger partial charge in [-0.1, -0.05) is 26.2 Å². The molecule has 0 aromatic heterocycles. The Hall–Kier alpha value is -1.18.